The summed E-state index contributed by atoms with van der Waals surface area (Å²) in [5.74, 6) is 0.726. The van der Waals surface area contributed by atoms with Gasteiger partial charge >= 0.3 is 0 Å². The van der Waals surface area contributed by atoms with E-state index in [2.05, 4.69) is 21.2 Å². The first-order valence-corrected chi connectivity index (χ1v) is 10.7. The average molecular weight is 420 g/mol. The Bertz CT molecular complexity index is 1030. The van der Waals surface area contributed by atoms with Crippen molar-refractivity contribution in [3.63, 3.8) is 0 Å². The molecule has 0 aromatic heterocycles. The lowest BCUT2D eigenvalue weighted by Gasteiger charge is -2.37. The number of nitrogens with zero attached hydrogens (tertiary/aromatic N) is 2. The number of methoxy groups -OCH3 is 1. The number of fused-ring (bicyclic) bond motifs is 1. The molecule has 0 saturated carbocycles. The Morgan fingerprint density at radius 2 is 1.71 bits per heavy atom. The summed E-state index contributed by atoms with van der Waals surface area (Å²) in [7, 11) is 1.69. The molecule has 1 aliphatic rings. The smallest absolute Gasteiger partial charge is 0.252 e. The molecule has 0 spiro atoms. The molecule has 4 rings (SSSR count). The van der Waals surface area contributed by atoms with Gasteiger partial charge in [0.2, 0.25) is 0 Å². The van der Waals surface area contributed by atoms with E-state index in [9.17, 15) is 9.90 Å². The van der Waals surface area contributed by atoms with Gasteiger partial charge in [0.25, 0.3) is 5.91 Å². The van der Waals surface area contributed by atoms with Crippen LogP contribution in [0.5, 0.6) is 5.75 Å². The van der Waals surface area contributed by atoms with Crippen LogP contribution in [0.3, 0.4) is 0 Å². The van der Waals surface area contributed by atoms with Crippen LogP contribution in [0, 0.1) is 0 Å². The maximum atomic E-state index is 12.7. The zero-order valence-electron chi connectivity index (χ0n) is 17.8. The number of para-hydroxylation sites is 2. The number of piperazine rings is 1. The number of hydrogen-bond donors (Lipinski definition) is 2. The fourth-order valence-corrected chi connectivity index (χ4v) is 4.15. The van der Waals surface area contributed by atoms with E-state index in [4.69, 9.17) is 4.74 Å². The zero-order chi connectivity index (χ0) is 21.6. The number of rotatable bonds is 7. The standard InChI is InChI=1S/C25H29N3O3/c1-31-24-12-5-4-11-23(24)28-15-13-27(14-16-28)18-20(29)17-26-25(30)22-10-6-8-19-7-2-3-9-21(19)22/h2-12,20,29H,13-18H2,1H3,(H,26,30). The topological polar surface area (TPSA) is 65.0 Å². The van der Waals surface area contributed by atoms with Crippen LogP contribution in [0.15, 0.2) is 66.7 Å². The maximum absolute atomic E-state index is 12.7. The van der Waals surface area contributed by atoms with Gasteiger partial charge in [0.15, 0.2) is 0 Å². The van der Waals surface area contributed by atoms with E-state index in [1.807, 2.05) is 60.7 Å². The number of anilines is 1. The van der Waals surface area contributed by atoms with Crippen LogP contribution in [-0.4, -0.2) is 68.4 Å². The van der Waals surface area contributed by atoms with Crippen LogP contribution in [0.2, 0.25) is 0 Å². The molecular weight excluding hydrogens is 390 g/mol. The molecule has 1 atom stereocenters. The minimum Gasteiger partial charge on any atom is -0.495 e. The van der Waals surface area contributed by atoms with Gasteiger partial charge in [-0.1, -0.05) is 48.5 Å². The molecule has 1 unspecified atom stereocenters. The summed E-state index contributed by atoms with van der Waals surface area (Å²) in [6, 6.07) is 21.6. The Hall–Kier alpha value is -3.09. The van der Waals surface area contributed by atoms with Crippen LogP contribution in [0.1, 0.15) is 10.4 Å². The van der Waals surface area contributed by atoms with Gasteiger partial charge in [0.05, 0.1) is 18.9 Å². The molecule has 162 valence electrons. The van der Waals surface area contributed by atoms with Crippen LogP contribution < -0.4 is 15.0 Å². The van der Waals surface area contributed by atoms with Gasteiger partial charge in [0.1, 0.15) is 5.75 Å². The minimum absolute atomic E-state index is 0.156. The third kappa shape index (κ3) is 4.98. The molecule has 1 amide bonds. The minimum atomic E-state index is -0.614. The normalized spacial score (nSPS) is 15.6. The Morgan fingerprint density at radius 3 is 2.52 bits per heavy atom. The number of nitrogens with one attached hydrogen (secondary N) is 1. The Kier molecular flexibility index (Phi) is 6.70. The molecule has 1 saturated heterocycles. The SMILES string of the molecule is COc1ccccc1N1CCN(CC(O)CNC(=O)c2cccc3ccccc23)CC1. The van der Waals surface area contributed by atoms with Gasteiger partial charge < -0.3 is 20.1 Å². The molecule has 2 N–H and O–H groups in total. The number of benzene rings is 3. The van der Waals surface area contributed by atoms with Crippen molar-refractivity contribution < 1.29 is 14.6 Å². The summed E-state index contributed by atoms with van der Waals surface area (Å²) in [5, 5.41) is 15.3. The van der Waals surface area contributed by atoms with E-state index in [1.54, 1.807) is 7.11 Å². The molecule has 31 heavy (non-hydrogen) atoms. The van der Waals surface area contributed by atoms with Gasteiger partial charge in [0, 0.05) is 44.8 Å². The Morgan fingerprint density at radius 1 is 1.00 bits per heavy atom. The molecule has 3 aromatic carbocycles. The first-order chi connectivity index (χ1) is 15.2. The quantitative estimate of drug-likeness (QED) is 0.617. The van der Waals surface area contributed by atoms with Crippen molar-refractivity contribution in [2.45, 2.75) is 6.10 Å². The van der Waals surface area contributed by atoms with Crippen molar-refractivity contribution in [1.29, 1.82) is 0 Å². The predicted octanol–water partition coefficient (Wildman–Crippen LogP) is 2.76. The lowest BCUT2D eigenvalue weighted by Crippen LogP contribution is -2.50. The van der Waals surface area contributed by atoms with Crippen LogP contribution in [-0.2, 0) is 0 Å². The number of β-amino-alcohol motifs (C(OH)–C–C–N with tert-alkyl or cyclic N) is 1. The highest BCUT2D eigenvalue weighted by Gasteiger charge is 2.21. The monoisotopic (exact) mass is 419 g/mol. The zero-order valence-corrected chi connectivity index (χ0v) is 17.8. The number of aliphatic hydroxyl groups excluding tert-OH is 1. The Labute approximate surface area is 183 Å². The highest BCUT2D eigenvalue weighted by atomic mass is 16.5. The molecule has 3 aromatic rings. The van der Waals surface area contributed by atoms with Crippen molar-refractivity contribution in [3.8, 4) is 5.75 Å². The summed E-state index contributed by atoms with van der Waals surface area (Å²) in [4.78, 5) is 17.2. The number of ether oxygens (including phenoxy) is 1. The van der Waals surface area contributed by atoms with Gasteiger partial charge in [-0.25, -0.2) is 0 Å². The summed E-state index contributed by atoms with van der Waals surface area (Å²) in [6.07, 6.45) is -0.614. The highest BCUT2D eigenvalue weighted by Crippen LogP contribution is 2.28. The van der Waals surface area contributed by atoms with Crippen molar-refractivity contribution in [1.82, 2.24) is 10.2 Å². The number of carbonyl (C=O) groups is 1. The van der Waals surface area contributed by atoms with E-state index in [0.717, 1.165) is 48.4 Å². The molecule has 1 aliphatic heterocycles. The molecule has 1 heterocycles. The third-order valence-corrected chi connectivity index (χ3v) is 5.80. The number of aliphatic hydroxyl groups is 1. The van der Waals surface area contributed by atoms with E-state index >= 15 is 0 Å². The Balaban J connectivity index is 1.27. The average Bonchev–Trinajstić information content (AvgIpc) is 2.82. The second kappa shape index (κ2) is 9.81. The number of carbonyl (C=O) groups excluding carboxylic acids is 1. The van der Waals surface area contributed by atoms with Gasteiger partial charge in [-0.15, -0.1) is 0 Å². The molecular formula is C25H29N3O3. The summed E-state index contributed by atoms with van der Waals surface area (Å²) >= 11 is 0. The number of amides is 1. The molecule has 0 radical (unpaired) electrons. The first-order valence-electron chi connectivity index (χ1n) is 10.7. The largest absolute Gasteiger partial charge is 0.495 e. The summed E-state index contributed by atoms with van der Waals surface area (Å²) in [6.45, 7) is 4.22. The van der Waals surface area contributed by atoms with Gasteiger partial charge in [-0.2, -0.15) is 0 Å². The van der Waals surface area contributed by atoms with Crippen molar-refractivity contribution in [2.75, 3.05) is 51.3 Å². The highest BCUT2D eigenvalue weighted by molar-refractivity contribution is 6.07. The fourth-order valence-electron chi connectivity index (χ4n) is 4.15. The van der Waals surface area contributed by atoms with Crippen molar-refractivity contribution in [2.24, 2.45) is 0 Å². The van der Waals surface area contributed by atoms with Crippen molar-refractivity contribution in [3.05, 3.63) is 72.3 Å². The molecule has 0 aliphatic carbocycles. The molecule has 1 fully saturated rings. The van der Waals surface area contributed by atoms with Gasteiger partial charge in [-0.3, -0.25) is 9.69 Å². The van der Waals surface area contributed by atoms with Crippen LogP contribution >= 0.6 is 0 Å². The fraction of sp³-hybridized carbons (Fsp3) is 0.320. The van der Waals surface area contributed by atoms with Crippen LogP contribution in [0.25, 0.3) is 10.8 Å². The first kappa shape index (κ1) is 21.2. The van der Waals surface area contributed by atoms with E-state index in [-0.39, 0.29) is 12.5 Å². The molecule has 0 bridgehead atoms. The van der Waals surface area contributed by atoms with Crippen molar-refractivity contribution >= 4 is 22.4 Å². The second-order valence-electron chi connectivity index (χ2n) is 7.85. The predicted molar refractivity (Wildman–Crippen MR) is 124 cm³/mol. The molecule has 6 heteroatoms. The summed E-state index contributed by atoms with van der Waals surface area (Å²) in [5.41, 5.74) is 1.74. The third-order valence-electron chi connectivity index (χ3n) is 5.80. The lowest BCUT2D eigenvalue weighted by atomic mass is 10.0. The maximum Gasteiger partial charge on any atom is 0.252 e. The van der Waals surface area contributed by atoms with E-state index in [1.165, 1.54) is 0 Å². The molecule has 6 nitrogen and oxygen atoms in total. The lowest BCUT2D eigenvalue weighted by molar-refractivity contribution is 0.0853. The number of hydrogen-bond acceptors (Lipinski definition) is 5. The van der Waals surface area contributed by atoms with Gasteiger partial charge in [-0.05, 0) is 29.0 Å². The summed E-state index contributed by atoms with van der Waals surface area (Å²) < 4.78 is 5.47. The van der Waals surface area contributed by atoms with E-state index < -0.39 is 6.10 Å². The second-order valence-corrected chi connectivity index (χ2v) is 7.85. The van der Waals surface area contributed by atoms with Crippen LogP contribution in [0.4, 0.5) is 5.69 Å². The van der Waals surface area contributed by atoms with E-state index in [0.29, 0.717) is 12.1 Å².